The van der Waals surface area contributed by atoms with Gasteiger partial charge in [-0.15, -0.1) is 0 Å². The Bertz CT molecular complexity index is 814. The maximum Gasteiger partial charge on any atom is 0.410 e. The van der Waals surface area contributed by atoms with Gasteiger partial charge in [-0.1, -0.05) is 67.1 Å². The van der Waals surface area contributed by atoms with Crippen molar-refractivity contribution in [1.29, 1.82) is 0 Å². The summed E-state index contributed by atoms with van der Waals surface area (Å²) < 4.78 is 5.43. The SMILES string of the molecule is CC(C)(C)OC(=O)N1CCN(C(=O)CCCCC(c2ccccc2)c2ccccc2)CC1. The fourth-order valence-electron chi connectivity index (χ4n) is 4.14. The van der Waals surface area contributed by atoms with Gasteiger partial charge >= 0.3 is 6.09 Å². The smallest absolute Gasteiger partial charge is 0.410 e. The zero-order chi connectivity index (χ0) is 23.0. The van der Waals surface area contributed by atoms with E-state index in [1.54, 1.807) is 4.90 Å². The summed E-state index contributed by atoms with van der Waals surface area (Å²) in [5, 5.41) is 0. The van der Waals surface area contributed by atoms with Crippen molar-refractivity contribution >= 4 is 12.0 Å². The Morgan fingerprint density at radius 1 is 0.812 bits per heavy atom. The summed E-state index contributed by atoms with van der Waals surface area (Å²) in [5.74, 6) is 0.537. The highest BCUT2D eigenvalue weighted by Crippen LogP contribution is 2.29. The molecule has 0 saturated carbocycles. The Morgan fingerprint density at radius 3 is 1.81 bits per heavy atom. The Morgan fingerprint density at radius 2 is 1.31 bits per heavy atom. The lowest BCUT2D eigenvalue weighted by molar-refractivity contribution is -0.133. The zero-order valence-electron chi connectivity index (χ0n) is 19.6. The first kappa shape index (κ1) is 23.8. The summed E-state index contributed by atoms with van der Waals surface area (Å²) in [6.07, 6.45) is 3.16. The van der Waals surface area contributed by atoms with E-state index in [-0.39, 0.29) is 12.0 Å². The van der Waals surface area contributed by atoms with Crippen molar-refractivity contribution in [1.82, 2.24) is 9.80 Å². The highest BCUT2D eigenvalue weighted by molar-refractivity contribution is 5.76. The van der Waals surface area contributed by atoms with E-state index in [9.17, 15) is 9.59 Å². The minimum Gasteiger partial charge on any atom is -0.444 e. The summed E-state index contributed by atoms with van der Waals surface area (Å²) in [5.41, 5.74) is 2.15. The van der Waals surface area contributed by atoms with E-state index in [2.05, 4.69) is 48.5 Å². The fourth-order valence-corrected chi connectivity index (χ4v) is 4.14. The molecule has 1 heterocycles. The van der Waals surface area contributed by atoms with Gasteiger partial charge in [0.25, 0.3) is 0 Å². The highest BCUT2D eigenvalue weighted by atomic mass is 16.6. The maximum atomic E-state index is 12.7. The molecule has 5 heteroatoms. The molecule has 2 aromatic rings. The van der Waals surface area contributed by atoms with E-state index >= 15 is 0 Å². The molecule has 32 heavy (non-hydrogen) atoms. The van der Waals surface area contributed by atoms with E-state index in [0.29, 0.717) is 38.5 Å². The number of piperazine rings is 1. The van der Waals surface area contributed by atoms with Gasteiger partial charge in [0.2, 0.25) is 5.91 Å². The largest absolute Gasteiger partial charge is 0.444 e. The van der Waals surface area contributed by atoms with Crippen LogP contribution in [-0.4, -0.2) is 53.6 Å². The van der Waals surface area contributed by atoms with Crippen molar-refractivity contribution in [3.8, 4) is 0 Å². The second-order valence-electron chi connectivity index (χ2n) is 9.47. The summed E-state index contributed by atoms with van der Waals surface area (Å²) in [6.45, 7) is 7.82. The van der Waals surface area contributed by atoms with Gasteiger partial charge in [0.05, 0.1) is 0 Å². The van der Waals surface area contributed by atoms with Crippen LogP contribution in [0.3, 0.4) is 0 Å². The fraction of sp³-hybridized carbons (Fsp3) is 0.481. The minimum atomic E-state index is -0.499. The number of hydrogen-bond acceptors (Lipinski definition) is 3. The Hall–Kier alpha value is -2.82. The van der Waals surface area contributed by atoms with Crippen LogP contribution in [0.15, 0.2) is 60.7 Å². The second kappa shape index (κ2) is 11.2. The molecule has 0 atom stereocenters. The number of rotatable bonds is 7. The molecule has 172 valence electrons. The van der Waals surface area contributed by atoms with Crippen LogP contribution in [0.5, 0.6) is 0 Å². The molecule has 0 N–H and O–H groups in total. The van der Waals surface area contributed by atoms with Gasteiger partial charge in [-0.05, 0) is 44.7 Å². The second-order valence-corrected chi connectivity index (χ2v) is 9.47. The van der Waals surface area contributed by atoms with Crippen LogP contribution in [0.2, 0.25) is 0 Å². The standard InChI is InChI=1S/C27H36N2O3/c1-27(2,3)32-26(31)29-20-18-28(19-21-29)25(30)17-11-10-16-24(22-12-6-4-7-13-22)23-14-8-5-9-15-23/h4-9,12-15,24H,10-11,16-21H2,1-3H3. The summed E-state index contributed by atoms with van der Waals surface area (Å²) >= 11 is 0. The molecule has 1 aliphatic heterocycles. The number of benzene rings is 2. The molecule has 0 spiro atoms. The van der Waals surface area contributed by atoms with Crippen molar-refractivity contribution in [3.63, 3.8) is 0 Å². The van der Waals surface area contributed by atoms with E-state index in [1.807, 2.05) is 37.8 Å². The Kier molecular flexibility index (Phi) is 8.32. The van der Waals surface area contributed by atoms with Crippen LogP contribution in [0.1, 0.15) is 63.5 Å². The molecule has 0 bridgehead atoms. The van der Waals surface area contributed by atoms with Crippen molar-refractivity contribution < 1.29 is 14.3 Å². The quantitative estimate of drug-likeness (QED) is 0.542. The number of ether oxygens (including phenoxy) is 1. The van der Waals surface area contributed by atoms with Crippen molar-refractivity contribution in [3.05, 3.63) is 71.8 Å². The molecule has 2 aromatic carbocycles. The third-order valence-electron chi connectivity index (χ3n) is 5.82. The number of hydrogen-bond donors (Lipinski definition) is 0. The van der Waals surface area contributed by atoms with Crippen molar-refractivity contribution in [2.45, 2.75) is 58.0 Å². The van der Waals surface area contributed by atoms with Gasteiger partial charge in [-0.2, -0.15) is 0 Å². The monoisotopic (exact) mass is 436 g/mol. The van der Waals surface area contributed by atoms with Gasteiger partial charge in [0.1, 0.15) is 5.60 Å². The van der Waals surface area contributed by atoms with Gasteiger partial charge in [-0.3, -0.25) is 4.79 Å². The Balaban J connectivity index is 1.44. The first-order valence-corrected chi connectivity index (χ1v) is 11.7. The summed E-state index contributed by atoms with van der Waals surface area (Å²) in [4.78, 5) is 28.5. The average molecular weight is 437 g/mol. The number of carbonyl (C=O) groups excluding carboxylic acids is 2. The first-order valence-electron chi connectivity index (χ1n) is 11.7. The van der Waals surface area contributed by atoms with E-state index in [0.717, 1.165) is 19.3 Å². The van der Waals surface area contributed by atoms with Crippen molar-refractivity contribution in [2.75, 3.05) is 26.2 Å². The maximum absolute atomic E-state index is 12.7. The molecule has 2 amide bonds. The first-order chi connectivity index (χ1) is 15.3. The predicted molar refractivity (Wildman–Crippen MR) is 128 cm³/mol. The molecule has 0 aromatic heterocycles. The topological polar surface area (TPSA) is 49.9 Å². The van der Waals surface area contributed by atoms with Crippen molar-refractivity contribution in [2.24, 2.45) is 0 Å². The third kappa shape index (κ3) is 7.11. The zero-order valence-corrected chi connectivity index (χ0v) is 19.6. The van der Waals surface area contributed by atoms with Gasteiger partial charge in [-0.25, -0.2) is 4.79 Å². The van der Waals surface area contributed by atoms with Crippen LogP contribution < -0.4 is 0 Å². The molecule has 1 saturated heterocycles. The van der Waals surface area contributed by atoms with E-state index < -0.39 is 5.60 Å². The van der Waals surface area contributed by atoms with Gasteiger partial charge in [0, 0.05) is 38.5 Å². The molecule has 5 nitrogen and oxygen atoms in total. The molecular weight excluding hydrogens is 400 g/mol. The molecular formula is C27H36N2O3. The van der Waals surface area contributed by atoms with Crippen LogP contribution >= 0.6 is 0 Å². The highest BCUT2D eigenvalue weighted by Gasteiger charge is 2.27. The lowest BCUT2D eigenvalue weighted by atomic mass is 9.87. The van der Waals surface area contributed by atoms with Crippen LogP contribution in [0.25, 0.3) is 0 Å². The lowest BCUT2D eigenvalue weighted by Crippen LogP contribution is -2.51. The summed E-state index contributed by atoms with van der Waals surface area (Å²) in [7, 11) is 0. The molecule has 0 aliphatic carbocycles. The van der Waals surface area contributed by atoms with E-state index in [1.165, 1.54) is 11.1 Å². The normalized spacial score (nSPS) is 14.5. The Labute approximate surface area is 192 Å². The van der Waals surface area contributed by atoms with Gasteiger partial charge in [0.15, 0.2) is 0 Å². The molecule has 3 rings (SSSR count). The molecule has 0 radical (unpaired) electrons. The molecule has 0 unspecified atom stereocenters. The summed E-state index contributed by atoms with van der Waals surface area (Å²) in [6, 6.07) is 21.2. The average Bonchev–Trinajstić information content (AvgIpc) is 2.79. The van der Waals surface area contributed by atoms with Crippen LogP contribution in [0, 0.1) is 0 Å². The van der Waals surface area contributed by atoms with E-state index in [4.69, 9.17) is 4.74 Å². The third-order valence-corrected chi connectivity index (χ3v) is 5.82. The molecule has 1 aliphatic rings. The van der Waals surface area contributed by atoms with Gasteiger partial charge < -0.3 is 14.5 Å². The van der Waals surface area contributed by atoms with Crippen LogP contribution in [-0.2, 0) is 9.53 Å². The number of carbonyl (C=O) groups is 2. The lowest BCUT2D eigenvalue weighted by Gasteiger charge is -2.35. The number of unbranched alkanes of at least 4 members (excludes halogenated alkanes) is 1. The number of amides is 2. The number of nitrogens with zero attached hydrogens (tertiary/aromatic N) is 2. The van der Waals surface area contributed by atoms with Crippen LogP contribution in [0.4, 0.5) is 4.79 Å². The predicted octanol–water partition coefficient (Wildman–Crippen LogP) is 5.46. The minimum absolute atomic E-state index is 0.185. The molecule has 1 fully saturated rings.